The molecule has 0 saturated carbocycles. The number of rotatable bonds is 36. The first-order chi connectivity index (χ1) is 66.5. The summed E-state index contributed by atoms with van der Waals surface area (Å²) >= 11 is 0. The van der Waals surface area contributed by atoms with Crippen LogP contribution in [0.1, 0.15) is 438 Å². The van der Waals surface area contributed by atoms with E-state index in [2.05, 4.69) is 474 Å². The van der Waals surface area contributed by atoms with Crippen molar-refractivity contribution in [2.75, 3.05) is 29.4 Å². The van der Waals surface area contributed by atoms with Gasteiger partial charge >= 0.3 is 0 Å². The molecule has 12 rings (SSSR count). The Kier molecular flexibility index (Phi) is 54.6. The molecule has 8 aromatic rings. The average Bonchev–Trinajstić information content (AvgIpc) is 1.59. The molecule has 140 heavy (non-hydrogen) atoms. The third-order valence-electron chi connectivity index (χ3n) is 30.2. The van der Waals surface area contributed by atoms with Crippen molar-refractivity contribution in [1.29, 1.82) is 0 Å². The van der Waals surface area contributed by atoms with Gasteiger partial charge in [0.2, 0.25) is 0 Å². The lowest BCUT2D eigenvalue weighted by molar-refractivity contribution is 0.143. The Morgan fingerprint density at radius 2 is 0.486 bits per heavy atom. The third-order valence-corrected chi connectivity index (χ3v) is 30.2. The Morgan fingerprint density at radius 3 is 0.743 bits per heavy atom. The van der Waals surface area contributed by atoms with Crippen molar-refractivity contribution in [3.05, 3.63) is 271 Å². The molecular formula is C132H212N8. The Labute approximate surface area is 865 Å². The van der Waals surface area contributed by atoms with Gasteiger partial charge in [0.05, 0.1) is 24.4 Å². The zero-order valence-corrected chi connectivity index (χ0v) is 98.0. The standard InChI is InChI=1S/C30H46N2.C30H44N2.C21H36N2.C21H34N2.2C9H12.2C6H14/c2*1-10-12-14-27-28(15-13-11-2)32(30-24(7)18-21(4)19-25(30)8)26(9)31(27)29-22(5)16-20(3)17-23(29)6;2*1-6-8-15-20-21(16-9-7-2)23(18(5)22(20)17(3)4)19-13-11-10-12-14-19;2*1-8(2)9-6-4-3-5-7-9;2*1-5(2)6(3)4/h16-19,26-28H,10-15H2,1-9H3;16-19,26H,10-15H2,1-9H3;10-14,17-18,20-21H,6-9,15-16H2,1-5H3;10-14,17-18H,6-9,15-16H2,1-5H3;2*3-8H,1-2H3;2*5-6H,1-4H3. The van der Waals surface area contributed by atoms with Crippen LogP contribution in [0, 0.1) is 107 Å². The van der Waals surface area contributed by atoms with Gasteiger partial charge in [-0.05, 0) is 331 Å². The maximum atomic E-state index is 2.80. The van der Waals surface area contributed by atoms with Crippen LogP contribution < -0.4 is 29.4 Å². The lowest BCUT2D eigenvalue weighted by atomic mass is 9.94. The first-order valence-corrected chi connectivity index (χ1v) is 56.8. The van der Waals surface area contributed by atoms with Crippen molar-refractivity contribution in [2.45, 2.75) is 504 Å². The predicted molar refractivity (Wildman–Crippen MR) is 628 cm³/mol. The van der Waals surface area contributed by atoms with Gasteiger partial charge in [-0.25, -0.2) is 0 Å². The molecule has 0 radical (unpaired) electrons. The average molecular weight is 1910 g/mol. The van der Waals surface area contributed by atoms with Crippen molar-refractivity contribution in [1.82, 2.24) is 9.80 Å². The van der Waals surface area contributed by atoms with Gasteiger partial charge in [-0.2, -0.15) is 0 Å². The van der Waals surface area contributed by atoms with Gasteiger partial charge in [0, 0.05) is 81.1 Å². The molecule has 6 unspecified atom stereocenters. The predicted octanol–water partition coefficient (Wildman–Crippen LogP) is 39.2. The van der Waals surface area contributed by atoms with Crippen LogP contribution >= 0.6 is 0 Å². The second-order valence-corrected chi connectivity index (χ2v) is 44.7. The molecule has 0 N–H and O–H groups in total. The summed E-state index contributed by atoms with van der Waals surface area (Å²) in [6, 6.07) is 65.5. The molecular weight excluding hydrogens is 1700 g/mol. The fourth-order valence-corrected chi connectivity index (χ4v) is 22.1. The number of para-hydroxylation sites is 2. The van der Waals surface area contributed by atoms with E-state index in [1.165, 1.54) is 253 Å². The summed E-state index contributed by atoms with van der Waals surface area (Å²) in [4.78, 5) is 21.7. The lowest BCUT2D eigenvalue weighted by Crippen LogP contribution is -2.43. The molecule has 8 aromatic carbocycles. The molecule has 0 aromatic heterocycles. The highest BCUT2D eigenvalue weighted by atomic mass is 15.5. The number of unbranched alkanes of at least 4 members (excludes halogenated alkanes) is 8. The van der Waals surface area contributed by atoms with Gasteiger partial charge in [0.25, 0.3) is 0 Å². The van der Waals surface area contributed by atoms with Gasteiger partial charge in [-0.15, -0.1) is 0 Å². The van der Waals surface area contributed by atoms with E-state index in [0.29, 0.717) is 66.6 Å². The number of aryl methyl sites for hydroxylation is 12. The zero-order valence-electron chi connectivity index (χ0n) is 98.0. The van der Waals surface area contributed by atoms with E-state index >= 15 is 0 Å². The maximum absolute atomic E-state index is 2.80. The van der Waals surface area contributed by atoms with Crippen molar-refractivity contribution in [3.63, 3.8) is 0 Å². The molecule has 0 amide bonds. The Bertz CT molecular complexity index is 4520. The minimum atomic E-state index is 0.272. The van der Waals surface area contributed by atoms with Gasteiger partial charge < -0.3 is 34.3 Å². The second kappa shape index (κ2) is 62.5. The summed E-state index contributed by atoms with van der Waals surface area (Å²) in [5.74, 6) is 4.72. The van der Waals surface area contributed by atoms with Crippen LogP contribution in [0.15, 0.2) is 193 Å². The summed E-state index contributed by atoms with van der Waals surface area (Å²) in [6.45, 7) is 91.5. The Hall–Kier alpha value is -8.20. The summed E-state index contributed by atoms with van der Waals surface area (Å²) in [5.41, 5.74) is 34.2. The monoisotopic (exact) mass is 1910 g/mol. The summed E-state index contributed by atoms with van der Waals surface area (Å²) in [6.07, 6.45) is 31.7. The van der Waals surface area contributed by atoms with Gasteiger partial charge in [0.15, 0.2) is 0 Å². The molecule has 4 aliphatic rings. The first kappa shape index (κ1) is 122. The van der Waals surface area contributed by atoms with E-state index in [1.807, 2.05) is 12.1 Å². The van der Waals surface area contributed by atoms with Crippen molar-refractivity contribution in [3.8, 4) is 0 Å². The topological polar surface area (TPSA) is 25.9 Å². The first-order valence-electron chi connectivity index (χ1n) is 56.8. The largest absolute Gasteiger partial charge is 0.351 e. The number of allylic oxidation sites excluding steroid dienone is 4. The molecule has 8 heteroatoms. The van der Waals surface area contributed by atoms with E-state index in [9.17, 15) is 0 Å². The molecule has 4 aliphatic heterocycles. The maximum Gasteiger partial charge on any atom is 0.108 e. The van der Waals surface area contributed by atoms with Crippen LogP contribution in [-0.2, 0) is 0 Å². The van der Waals surface area contributed by atoms with E-state index in [0.717, 1.165) is 36.5 Å². The SMILES string of the molecule is CC(C)C(C)C.CC(C)C(C)C.CC(C)c1ccccc1.CC(C)c1ccccc1.CCCCC1=C(CCCC)N(C(C)C)C(C)N1c1ccccc1.CCCCC1=C(CCCC)N(c2c(C)cc(C)cc2C)C(C)N1c1c(C)cc(C)cc1C.CCCCC1C(CCCC)N(C(C)C)C(C)N1c1ccccc1.CCCCC1C(CCCC)N(c2c(C)cc(C)cc2C)C(C)N1c1c(C)cc(C)cc1C. The highest BCUT2D eigenvalue weighted by Crippen LogP contribution is 2.49. The third kappa shape index (κ3) is 35.1. The molecule has 4 heterocycles. The molecule has 0 bridgehead atoms. The Balaban J connectivity index is 0.000000300. The van der Waals surface area contributed by atoms with E-state index in [4.69, 9.17) is 0 Å². The van der Waals surface area contributed by atoms with Crippen LogP contribution in [0.2, 0.25) is 0 Å². The van der Waals surface area contributed by atoms with Crippen LogP contribution in [-0.4, -0.2) is 70.7 Å². The van der Waals surface area contributed by atoms with Gasteiger partial charge in [-0.1, -0.05) is 383 Å². The Morgan fingerprint density at radius 1 is 0.236 bits per heavy atom. The molecule has 0 aliphatic carbocycles. The number of nitrogens with zero attached hydrogens (tertiary/aromatic N) is 8. The smallest absolute Gasteiger partial charge is 0.108 e. The van der Waals surface area contributed by atoms with Crippen LogP contribution in [0.5, 0.6) is 0 Å². The van der Waals surface area contributed by atoms with Crippen molar-refractivity contribution >= 4 is 34.1 Å². The van der Waals surface area contributed by atoms with Gasteiger partial charge in [0.1, 0.15) is 12.3 Å². The van der Waals surface area contributed by atoms with Gasteiger partial charge in [-0.3, -0.25) is 4.90 Å². The number of hydrogen-bond donors (Lipinski definition) is 0. The summed E-state index contributed by atoms with van der Waals surface area (Å²) in [5, 5.41) is 0. The quantitative estimate of drug-likeness (QED) is 0.0383. The normalized spacial score (nSPS) is 17.6. The minimum absolute atomic E-state index is 0.272. The summed E-state index contributed by atoms with van der Waals surface area (Å²) < 4.78 is 0. The van der Waals surface area contributed by atoms with Crippen molar-refractivity contribution < 1.29 is 0 Å². The van der Waals surface area contributed by atoms with E-state index in [-0.39, 0.29) is 6.17 Å². The molecule has 2 saturated heterocycles. The van der Waals surface area contributed by atoms with Crippen LogP contribution in [0.4, 0.5) is 34.1 Å². The van der Waals surface area contributed by atoms with Crippen molar-refractivity contribution in [2.24, 2.45) is 23.7 Å². The molecule has 780 valence electrons. The number of anilines is 6. The lowest BCUT2D eigenvalue weighted by Gasteiger charge is -2.36. The number of hydrogen-bond acceptors (Lipinski definition) is 8. The molecule has 2 fully saturated rings. The molecule has 6 atom stereocenters. The van der Waals surface area contributed by atoms with E-state index < -0.39 is 0 Å². The number of benzene rings is 8. The minimum Gasteiger partial charge on any atom is -0.351 e. The zero-order chi connectivity index (χ0) is 104. The highest BCUT2D eigenvalue weighted by molar-refractivity contribution is 5.75. The van der Waals surface area contributed by atoms with Crippen LogP contribution in [0.25, 0.3) is 0 Å². The highest BCUT2D eigenvalue weighted by Gasteiger charge is 2.48. The molecule has 8 nitrogen and oxygen atoms in total. The fourth-order valence-electron chi connectivity index (χ4n) is 22.1. The fraction of sp³-hybridized carbons (Fsp3) is 0.606. The summed E-state index contributed by atoms with van der Waals surface area (Å²) in [7, 11) is 0. The van der Waals surface area contributed by atoms with Crippen LogP contribution in [0.3, 0.4) is 0 Å². The van der Waals surface area contributed by atoms with E-state index in [1.54, 1.807) is 22.8 Å². The molecule has 0 spiro atoms. The second-order valence-electron chi connectivity index (χ2n) is 44.7.